The monoisotopic (exact) mass is 349 g/mol. The van der Waals surface area contributed by atoms with Crippen molar-refractivity contribution in [2.75, 3.05) is 12.4 Å². The summed E-state index contributed by atoms with van der Waals surface area (Å²) in [4.78, 5) is 22.9. The number of anilines is 1. The fourth-order valence-corrected chi connectivity index (χ4v) is 4.00. The summed E-state index contributed by atoms with van der Waals surface area (Å²) in [6.07, 6.45) is 5.26. The summed E-state index contributed by atoms with van der Waals surface area (Å²) in [5.74, 6) is -0.752. The van der Waals surface area contributed by atoms with Gasteiger partial charge >= 0.3 is 11.9 Å². The molecule has 0 saturated heterocycles. The second-order valence-electron chi connectivity index (χ2n) is 6.70. The normalized spacial score (nSPS) is 22.9. The molecule has 2 N–H and O–H groups in total. The lowest BCUT2D eigenvalue weighted by atomic mass is 9.76. The predicted molar refractivity (Wildman–Crippen MR) is 97.5 cm³/mol. The summed E-state index contributed by atoms with van der Waals surface area (Å²) >= 11 is 0. The van der Waals surface area contributed by atoms with Crippen LogP contribution < -0.4 is 5.32 Å². The SMILES string of the molecule is COC(=O)c1ccc([C@H]2Nc3ccc(C(=O)O)cc3[C@H]3C=CC[C@@H]32)cc1. The molecule has 1 aliphatic heterocycles. The Morgan fingerprint density at radius 1 is 1.12 bits per heavy atom. The highest BCUT2D eigenvalue weighted by molar-refractivity contribution is 5.89. The first-order chi connectivity index (χ1) is 12.6. The van der Waals surface area contributed by atoms with Crippen molar-refractivity contribution < 1.29 is 19.4 Å². The van der Waals surface area contributed by atoms with Crippen molar-refractivity contribution in [1.82, 2.24) is 0 Å². The molecule has 2 aliphatic rings. The van der Waals surface area contributed by atoms with Crippen molar-refractivity contribution in [2.45, 2.75) is 18.4 Å². The third-order valence-electron chi connectivity index (χ3n) is 5.30. The molecular weight excluding hydrogens is 330 g/mol. The van der Waals surface area contributed by atoms with Crippen molar-refractivity contribution in [2.24, 2.45) is 5.92 Å². The van der Waals surface area contributed by atoms with E-state index in [0.717, 1.165) is 23.2 Å². The Balaban J connectivity index is 1.69. The molecule has 0 saturated carbocycles. The number of benzene rings is 2. The van der Waals surface area contributed by atoms with E-state index in [2.05, 4.69) is 17.5 Å². The zero-order valence-corrected chi connectivity index (χ0v) is 14.3. The van der Waals surface area contributed by atoms with Crippen molar-refractivity contribution in [3.63, 3.8) is 0 Å². The molecular formula is C21H19NO4. The molecule has 132 valence electrons. The number of fused-ring (bicyclic) bond motifs is 3. The molecule has 0 bridgehead atoms. The molecule has 2 aromatic carbocycles. The number of carbonyl (C=O) groups excluding carboxylic acids is 1. The van der Waals surface area contributed by atoms with Crippen molar-refractivity contribution in [3.05, 3.63) is 76.9 Å². The number of carboxylic acid groups (broad SMARTS) is 1. The molecule has 0 aromatic heterocycles. The molecule has 0 amide bonds. The second kappa shape index (κ2) is 6.33. The van der Waals surface area contributed by atoms with Gasteiger partial charge in [0.15, 0.2) is 0 Å². The minimum absolute atomic E-state index is 0.102. The molecule has 0 spiro atoms. The van der Waals surface area contributed by atoms with Gasteiger partial charge < -0.3 is 15.2 Å². The van der Waals surface area contributed by atoms with E-state index in [9.17, 15) is 14.7 Å². The smallest absolute Gasteiger partial charge is 0.337 e. The highest BCUT2D eigenvalue weighted by atomic mass is 16.5. The molecule has 4 rings (SSSR count). The van der Waals surface area contributed by atoms with Gasteiger partial charge in [0.2, 0.25) is 0 Å². The number of esters is 1. The van der Waals surface area contributed by atoms with Gasteiger partial charge in [-0.25, -0.2) is 9.59 Å². The van der Waals surface area contributed by atoms with Gasteiger partial charge in [-0.05, 0) is 53.8 Å². The van der Waals surface area contributed by atoms with E-state index >= 15 is 0 Å². The highest BCUT2D eigenvalue weighted by Crippen LogP contribution is 2.49. The number of methoxy groups -OCH3 is 1. The molecule has 2 aromatic rings. The number of carbonyl (C=O) groups is 2. The summed E-state index contributed by atoms with van der Waals surface area (Å²) in [5.41, 5.74) is 3.94. The van der Waals surface area contributed by atoms with Crippen LogP contribution in [0.5, 0.6) is 0 Å². The van der Waals surface area contributed by atoms with E-state index in [1.54, 1.807) is 24.3 Å². The lowest BCUT2D eigenvalue weighted by Gasteiger charge is -2.37. The van der Waals surface area contributed by atoms with Crippen LogP contribution in [0.25, 0.3) is 0 Å². The molecule has 5 heteroatoms. The number of rotatable bonds is 3. The first kappa shape index (κ1) is 16.4. The summed E-state index contributed by atoms with van der Waals surface area (Å²) in [7, 11) is 1.37. The fourth-order valence-electron chi connectivity index (χ4n) is 4.00. The number of hydrogen-bond acceptors (Lipinski definition) is 4. The lowest BCUT2D eigenvalue weighted by molar-refractivity contribution is 0.0599. The van der Waals surface area contributed by atoms with Crippen LogP contribution in [0.15, 0.2) is 54.6 Å². The van der Waals surface area contributed by atoms with Gasteiger partial charge in [0.25, 0.3) is 0 Å². The van der Waals surface area contributed by atoms with Crippen LogP contribution in [0.2, 0.25) is 0 Å². The van der Waals surface area contributed by atoms with Gasteiger partial charge in [-0.3, -0.25) is 0 Å². The zero-order chi connectivity index (χ0) is 18.3. The van der Waals surface area contributed by atoms with Crippen LogP contribution in [-0.4, -0.2) is 24.2 Å². The largest absolute Gasteiger partial charge is 0.478 e. The number of ether oxygens (including phenoxy) is 1. The molecule has 1 aliphatic carbocycles. The van der Waals surface area contributed by atoms with Crippen LogP contribution in [-0.2, 0) is 4.74 Å². The van der Waals surface area contributed by atoms with Gasteiger partial charge in [-0.2, -0.15) is 0 Å². The molecule has 1 heterocycles. The van der Waals surface area contributed by atoms with E-state index < -0.39 is 5.97 Å². The average molecular weight is 349 g/mol. The lowest BCUT2D eigenvalue weighted by Crippen LogP contribution is -2.29. The highest BCUT2D eigenvalue weighted by Gasteiger charge is 2.38. The molecule has 5 nitrogen and oxygen atoms in total. The maximum absolute atomic E-state index is 11.6. The van der Waals surface area contributed by atoms with Gasteiger partial charge in [-0.15, -0.1) is 0 Å². The van der Waals surface area contributed by atoms with Crippen molar-refractivity contribution in [3.8, 4) is 0 Å². The minimum atomic E-state index is -0.910. The first-order valence-corrected chi connectivity index (χ1v) is 8.57. The Hall–Kier alpha value is -3.08. The van der Waals surface area contributed by atoms with Gasteiger partial charge in [0, 0.05) is 11.6 Å². The Kier molecular flexibility index (Phi) is 3.99. The molecule has 26 heavy (non-hydrogen) atoms. The Morgan fingerprint density at radius 2 is 1.85 bits per heavy atom. The molecule has 0 radical (unpaired) electrons. The fraction of sp³-hybridized carbons (Fsp3) is 0.238. The number of allylic oxidation sites excluding steroid dienone is 2. The second-order valence-corrected chi connectivity index (χ2v) is 6.70. The van der Waals surface area contributed by atoms with Crippen LogP contribution in [0.1, 0.15) is 50.2 Å². The summed E-state index contributed by atoms with van der Waals surface area (Å²) in [6.45, 7) is 0. The van der Waals surface area contributed by atoms with Gasteiger partial charge in [0.1, 0.15) is 0 Å². The van der Waals surface area contributed by atoms with Crippen molar-refractivity contribution in [1.29, 1.82) is 0 Å². The Bertz CT molecular complexity index is 901. The maximum atomic E-state index is 11.6. The Labute approximate surface area is 151 Å². The van der Waals surface area contributed by atoms with E-state index in [4.69, 9.17) is 4.74 Å². The van der Waals surface area contributed by atoms with Gasteiger partial charge in [0.05, 0.1) is 24.3 Å². The standard InChI is InChI=1S/C21H19NO4/c1-26-21(25)13-7-5-12(6-8-13)19-16-4-2-3-15(16)17-11-14(20(23)24)9-10-18(17)22-19/h2-3,5-11,15-16,19,22H,4H2,1H3,(H,23,24)/t15-,16-,19+/m0/s1. The van der Waals surface area contributed by atoms with E-state index in [0.29, 0.717) is 17.0 Å². The van der Waals surface area contributed by atoms with E-state index in [1.165, 1.54) is 7.11 Å². The number of nitrogens with one attached hydrogen (secondary N) is 1. The summed E-state index contributed by atoms with van der Waals surface area (Å²) in [5, 5.41) is 12.8. The third-order valence-corrected chi connectivity index (χ3v) is 5.30. The molecule has 0 fully saturated rings. The Morgan fingerprint density at radius 3 is 2.54 bits per heavy atom. The maximum Gasteiger partial charge on any atom is 0.337 e. The van der Waals surface area contributed by atoms with Crippen LogP contribution in [0, 0.1) is 5.92 Å². The quantitative estimate of drug-likeness (QED) is 0.647. The number of hydrogen-bond donors (Lipinski definition) is 2. The van der Waals surface area contributed by atoms with E-state index in [-0.39, 0.29) is 17.9 Å². The third kappa shape index (κ3) is 2.65. The first-order valence-electron chi connectivity index (χ1n) is 8.57. The average Bonchev–Trinajstić information content (AvgIpc) is 3.16. The summed E-state index contributed by atoms with van der Waals surface area (Å²) < 4.78 is 4.76. The topological polar surface area (TPSA) is 75.6 Å². The van der Waals surface area contributed by atoms with E-state index in [1.807, 2.05) is 18.2 Å². The zero-order valence-electron chi connectivity index (χ0n) is 14.3. The van der Waals surface area contributed by atoms with Crippen molar-refractivity contribution >= 4 is 17.6 Å². The van der Waals surface area contributed by atoms with Crippen LogP contribution in [0.3, 0.4) is 0 Å². The molecule has 3 atom stereocenters. The van der Waals surface area contributed by atoms with Crippen LogP contribution >= 0.6 is 0 Å². The van der Waals surface area contributed by atoms with Gasteiger partial charge in [-0.1, -0.05) is 24.3 Å². The summed E-state index contributed by atoms with van der Waals surface area (Å²) in [6, 6.07) is 12.8. The number of carboxylic acids is 1. The minimum Gasteiger partial charge on any atom is -0.478 e. The molecule has 0 unspecified atom stereocenters. The van der Waals surface area contributed by atoms with Crippen LogP contribution in [0.4, 0.5) is 5.69 Å². The predicted octanol–water partition coefficient (Wildman–Crippen LogP) is 4.00. The number of aromatic carboxylic acids is 1.